The molecule has 0 radical (unpaired) electrons. The third-order valence-electron chi connectivity index (χ3n) is 2.98. The van der Waals surface area contributed by atoms with Crippen LogP contribution in [-0.4, -0.2) is 0 Å². The Morgan fingerprint density at radius 2 is 1.05 bits per heavy atom. The number of hydrogen-bond donors (Lipinski definition) is 0. The molecule has 0 aliphatic rings. The quantitative estimate of drug-likeness (QED) is 0.615. The first-order chi connectivity index (χ1) is 9.35. The van der Waals surface area contributed by atoms with Crippen molar-refractivity contribution in [1.29, 1.82) is 0 Å². The smallest absolute Gasteiger partial charge is 0.0483 e. The van der Waals surface area contributed by atoms with Crippen molar-refractivity contribution in [3.63, 3.8) is 0 Å². The van der Waals surface area contributed by atoms with Gasteiger partial charge in [0.2, 0.25) is 0 Å². The molecule has 0 saturated heterocycles. The third-order valence-corrected chi connectivity index (χ3v) is 4.49. The number of benzene rings is 2. The van der Waals surface area contributed by atoms with Crippen LogP contribution in [0.25, 0.3) is 0 Å². The molecule has 2 atom stereocenters. The predicted octanol–water partition coefficient (Wildman–Crippen LogP) is 5.57. The highest BCUT2D eigenvalue weighted by Crippen LogP contribution is 2.41. The van der Waals surface area contributed by atoms with E-state index in [-0.39, 0.29) is 10.5 Å². The van der Waals surface area contributed by atoms with E-state index in [1.807, 2.05) is 36.0 Å². The van der Waals surface area contributed by atoms with Gasteiger partial charge < -0.3 is 0 Å². The summed E-state index contributed by atoms with van der Waals surface area (Å²) in [5, 5.41) is 0.564. The van der Waals surface area contributed by atoms with E-state index in [4.69, 9.17) is 0 Å². The Hall–Kier alpha value is -1.73. The topological polar surface area (TPSA) is 0 Å². The van der Waals surface area contributed by atoms with E-state index in [2.05, 4.69) is 61.7 Å². The van der Waals surface area contributed by atoms with Crippen LogP contribution in [0.15, 0.2) is 86.0 Å². The van der Waals surface area contributed by atoms with Crippen molar-refractivity contribution < 1.29 is 0 Å². The fraction of sp³-hybridized carbons (Fsp3) is 0.111. The maximum absolute atomic E-state index is 3.96. The molecule has 0 aliphatic carbocycles. The third kappa shape index (κ3) is 3.62. The van der Waals surface area contributed by atoms with Gasteiger partial charge in [-0.15, -0.1) is 24.9 Å². The Balaban J connectivity index is 2.17. The lowest BCUT2D eigenvalue weighted by molar-refractivity contribution is 1.17. The zero-order valence-electron chi connectivity index (χ0n) is 10.9. The Kier molecular flexibility index (Phi) is 5.05. The van der Waals surface area contributed by atoms with Crippen molar-refractivity contribution in [2.24, 2.45) is 0 Å². The Morgan fingerprint density at radius 1 is 0.684 bits per heavy atom. The minimum absolute atomic E-state index is 0.282. The van der Waals surface area contributed by atoms with E-state index in [1.165, 1.54) is 11.1 Å². The average Bonchev–Trinajstić information content (AvgIpc) is 2.50. The van der Waals surface area contributed by atoms with E-state index >= 15 is 0 Å². The van der Waals surface area contributed by atoms with Crippen LogP contribution >= 0.6 is 11.8 Å². The summed E-state index contributed by atoms with van der Waals surface area (Å²) in [6.45, 7) is 7.93. The van der Waals surface area contributed by atoms with Gasteiger partial charge in [0.25, 0.3) is 0 Å². The first-order valence-electron chi connectivity index (χ1n) is 6.35. The van der Waals surface area contributed by atoms with Gasteiger partial charge in [-0.2, -0.15) is 0 Å². The van der Waals surface area contributed by atoms with Crippen LogP contribution in [0.2, 0.25) is 0 Å². The van der Waals surface area contributed by atoms with Gasteiger partial charge in [-0.3, -0.25) is 0 Å². The molecule has 0 fully saturated rings. The number of rotatable bonds is 6. The first-order valence-corrected chi connectivity index (χ1v) is 7.30. The number of thioether (sulfide) groups is 1. The highest BCUT2D eigenvalue weighted by atomic mass is 32.2. The highest BCUT2D eigenvalue weighted by Gasteiger charge is 2.15. The Labute approximate surface area is 119 Å². The summed E-state index contributed by atoms with van der Waals surface area (Å²) in [4.78, 5) is 0. The van der Waals surface area contributed by atoms with E-state index in [0.717, 1.165) is 0 Å². The molecule has 0 unspecified atom stereocenters. The second kappa shape index (κ2) is 7.01. The molecule has 0 amide bonds. The molecule has 96 valence electrons. The second-order valence-electron chi connectivity index (χ2n) is 4.27. The van der Waals surface area contributed by atoms with Crippen LogP contribution in [0, 0.1) is 0 Å². The van der Waals surface area contributed by atoms with Crippen molar-refractivity contribution in [3.05, 3.63) is 97.1 Å². The standard InChI is InChI=1S/C18H18S/c1-3-17(15-11-7-5-8-12-15)19-18(4-2)16-13-9-6-10-14-16/h3-14,17-18H,1-2H2/t17-,18-/m1/s1. The fourth-order valence-corrected chi connectivity index (χ4v) is 3.15. The van der Waals surface area contributed by atoms with Gasteiger partial charge in [-0.25, -0.2) is 0 Å². The minimum Gasteiger partial charge on any atom is -0.137 e. The molecule has 0 bridgehead atoms. The van der Waals surface area contributed by atoms with Crippen molar-refractivity contribution in [2.45, 2.75) is 10.5 Å². The average molecular weight is 266 g/mol. The van der Waals surface area contributed by atoms with Crippen molar-refractivity contribution >= 4 is 11.8 Å². The van der Waals surface area contributed by atoms with Crippen molar-refractivity contribution in [3.8, 4) is 0 Å². The second-order valence-corrected chi connectivity index (χ2v) is 5.56. The molecule has 0 saturated carbocycles. The van der Waals surface area contributed by atoms with Gasteiger partial charge in [-0.1, -0.05) is 72.8 Å². The molecule has 0 spiro atoms. The van der Waals surface area contributed by atoms with Gasteiger partial charge in [-0.05, 0) is 11.1 Å². The van der Waals surface area contributed by atoms with Crippen LogP contribution in [0.1, 0.15) is 21.6 Å². The molecule has 1 heteroatoms. The largest absolute Gasteiger partial charge is 0.137 e. The summed E-state index contributed by atoms with van der Waals surface area (Å²) >= 11 is 1.86. The van der Waals surface area contributed by atoms with Crippen LogP contribution in [0.3, 0.4) is 0 Å². The van der Waals surface area contributed by atoms with Gasteiger partial charge in [0.15, 0.2) is 0 Å². The van der Waals surface area contributed by atoms with Gasteiger partial charge in [0, 0.05) is 10.5 Å². The number of hydrogen-bond acceptors (Lipinski definition) is 1. The summed E-state index contributed by atoms with van der Waals surface area (Å²) in [5.74, 6) is 0. The molecule has 0 heterocycles. The summed E-state index contributed by atoms with van der Waals surface area (Å²) in [6.07, 6.45) is 4.00. The first kappa shape index (κ1) is 13.7. The zero-order valence-corrected chi connectivity index (χ0v) is 11.7. The van der Waals surface area contributed by atoms with Gasteiger partial charge >= 0.3 is 0 Å². The maximum Gasteiger partial charge on any atom is 0.0483 e. The molecule has 0 nitrogen and oxygen atoms in total. The molecular weight excluding hydrogens is 248 g/mol. The maximum atomic E-state index is 3.96. The lowest BCUT2D eigenvalue weighted by Gasteiger charge is -2.19. The molecular formula is C18H18S. The Morgan fingerprint density at radius 3 is 1.37 bits per heavy atom. The van der Waals surface area contributed by atoms with E-state index in [1.54, 1.807) is 0 Å². The predicted molar refractivity (Wildman–Crippen MR) is 86.4 cm³/mol. The SMILES string of the molecule is C=C[C@@H](S[C@H](C=C)c1ccccc1)c1ccccc1. The summed E-state index contributed by atoms with van der Waals surface area (Å²) < 4.78 is 0. The highest BCUT2D eigenvalue weighted by molar-refractivity contribution is 8.00. The van der Waals surface area contributed by atoms with Gasteiger partial charge in [0.05, 0.1) is 0 Å². The van der Waals surface area contributed by atoms with Gasteiger partial charge in [0.1, 0.15) is 0 Å². The van der Waals surface area contributed by atoms with E-state index in [9.17, 15) is 0 Å². The summed E-state index contributed by atoms with van der Waals surface area (Å²) in [5.41, 5.74) is 2.57. The monoisotopic (exact) mass is 266 g/mol. The lowest BCUT2D eigenvalue weighted by atomic mass is 10.1. The van der Waals surface area contributed by atoms with Crippen LogP contribution in [0.5, 0.6) is 0 Å². The molecule has 2 aromatic rings. The normalized spacial score (nSPS) is 13.5. The van der Waals surface area contributed by atoms with E-state index < -0.39 is 0 Å². The molecule has 2 aromatic carbocycles. The summed E-state index contributed by atoms with van der Waals surface area (Å²) in [6, 6.07) is 20.9. The lowest BCUT2D eigenvalue weighted by Crippen LogP contribution is -1.96. The molecule has 2 rings (SSSR count). The van der Waals surface area contributed by atoms with Crippen LogP contribution in [-0.2, 0) is 0 Å². The molecule has 19 heavy (non-hydrogen) atoms. The fourth-order valence-electron chi connectivity index (χ4n) is 1.98. The Bertz CT molecular complexity index is 466. The minimum atomic E-state index is 0.282. The van der Waals surface area contributed by atoms with Crippen molar-refractivity contribution in [2.75, 3.05) is 0 Å². The summed E-state index contributed by atoms with van der Waals surface area (Å²) in [7, 11) is 0. The van der Waals surface area contributed by atoms with Crippen LogP contribution in [0.4, 0.5) is 0 Å². The molecule has 0 aromatic heterocycles. The molecule has 0 aliphatic heterocycles. The molecule has 0 N–H and O–H groups in total. The van der Waals surface area contributed by atoms with Crippen molar-refractivity contribution in [1.82, 2.24) is 0 Å². The zero-order chi connectivity index (χ0) is 13.5. The van der Waals surface area contributed by atoms with E-state index in [0.29, 0.717) is 0 Å². The van der Waals surface area contributed by atoms with Crippen LogP contribution < -0.4 is 0 Å².